The Kier molecular flexibility index (Phi) is 4.42. The lowest BCUT2D eigenvalue weighted by molar-refractivity contribution is 0.955. The van der Waals surface area contributed by atoms with Gasteiger partial charge in [-0.15, -0.1) is 13.2 Å². The number of para-hydroxylation sites is 1. The van der Waals surface area contributed by atoms with Crippen molar-refractivity contribution >= 4 is 11.8 Å². The average molecular weight is 199 g/mol. The van der Waals surface area contributed by atoms with Gasteiger partial charge in [-0.05, 0) is 11.6 Å². The highest BCUT2D eigenvalue weighted by Crippen LogP contribution is 2.21. The minimum absolute atomic E-state index is 0.816. The molecule has 0 saturated heterocycles. The molecule has 0 amide bonds. The maximum absolute atomic E-state index is 3.82. The molecular weight excluding hydrogens is 182 g/mol. The van der Waals surface area contributed by atoms with Gasteiger partial charge in [-0.25, -0.2) is 0 Å². The Balaban J connectivity index is 3.02. The van der Waals surface area contributed by atoms with E-state index in [4.69, 9.17) is 0 Å². The van der Waals surface area contributed by atoms with Crippen molar-refractivity contribution in [3.8, 4) is 0 Å². The van der Waals surface area contributed by atoms with Crippen molar-refractivity contribution in [3.05, 3.63) is 61.7 Å². The van der Waals surface area contributed by atoms with E-state index in [0.29, 0.717) is 0 Å². The molecule has 1 heteroatoms. The van der Waals surface area contributed by atoms with E-state index in [2.05, 4.69) is 36.8 Å². The van der Waals surface area contributed by atoms with Gasteiger partial charge < -0.3 is 4.90 Å². The van der Waals surface area contributed by atoms with E-state index in [1.165, 1.54) is 5.69 Å². The maximum atomic E-state index is 3.82. The van der Waals surface area contributed by atoms with E-state index in [0.717, 1.165) is 18.7 Å². The average Bonchev–Trinajstić information content (AvgIpc) is 2.29. The molecule has 1 rings (SSSR count). The van der Waals surface area contributed by atoms with Gasteiger partial charge in [-0.1, -0.05) is 43.0 Å². The van der Waals surface area contributed by atoms with Gasteiger partial charge in [0.1, 0.15) is 0 Å². The van der Waals surface area contributed by atoms with Gasteiger partial charge in [-0.2, -0.15) is 0 Å². The predicted molar refractivity (Wildman–Crippen MR) is 69.1 cm³/mol. The van der Waals surface area contributed by atoms with Crippen LogP contribution in [0.15, 0.2) is 56.2 Å². The van der Waals surface area contributed by atoms with E-state index in [1.807, 2.05) is 30.4 Å². The fourth-order valence-electron chi connectivity index (χ4n) is 1.53. The molecule has 0 fully saturated rings. The van der Waals surface area contributed by atoms with Crippen molar-refractivity contribution in [2.45, 2.75) is 0 Å². The van der Waals surface area contributed by atoms with Gasteiger partial charge in [0.15, 0.2) is 0 Å². The van der Waals surface area contributed by atoms with Gasteiger partial charge >= 0.3 is 0 Å². The van der Waals surface area contributed by atoms with E-state index in [-0.39, 0.29) is 0 Å². The van der Waals surface area contributed by atoms with E-state index in [1.54, 1.807) is 0 Å². The number of hydrogen-bond acceptors (Lipinski definition) is 1. The summed E-state index contributed by atoms with van der Waals surface area (Å²) in [5, 5.41) is 0. The highest BCUT2D eigenvalue weighted by molar-refractivity contribution is 5.67. The molecule has 0 aliphatic carbocycles. The van der Waals surface area contributed by atoms with Gasteiger partial charge in [0, 0.05) is 18.8 Å². The van der Waals surface area contributed by atoms with Crippen molar-refractivity contribution in [2.75, 3.05) is 18.0 Å². The summed E-state index contributed by atoms with van der Waals surface area (Å²) < 4.78 is 0. The zero-order valence-electron chi connectivity index (χ0n) is 9.02. The molecule has 1 aromatic rings. The monoisotopic (exact) mass is 199 g/mol. The first-order valence-electron chi connectivity index (χ1n) is 5.01. The molecule has 78 valence electrons. The molecule has 15 heavy (non-hydrogen) atoms. The smallest absolute Gasteiger partial charge is 0.0445 e. The number of benzene rings is 1. The number of anilines is 1. The molecule has 0 bridgehead atoms. The SMILES string of the molecule is C=CCN(CC=C)c1ccccc1C=C. The molecule has 1 aromatic carbocycles. The molecule has 0 aromatic heterocycles. The highest BCUT2D eigenvalue weighted by atomic mass is 15.1. The van der Waals surface area contributed by atoms with Crippen LogP contribution < -0.4 is 4.90 Å². The second-order valence-corrected chi connectivity index (χ2v) is 3.25. The number of rotatable bonds is 6. The van der Waals surface area contributed by atoms with Crippen molar-refractivity contribution in [3.63, 3.8) is 0 Å². The third kappa shape index (κ3) is 2.84. The minimum atomic E-state index is 0.816. The molecule has 0 heterocycles. The summed E-state index contributed by atoms with van der Waals surface area (Å²) >= 11 is 0. The van der Waals surface area contributed by atoms with Crippen LogP contribution in [0.4, 0.5) is 5.69 Å². The molecule has 0 unspecified atom stereocenters. The van der Waals surface area contributed by atoms with E-state index >= 15 is 0 Å². The van der Waals surface area contributed by atoms with Crippen LogP contribution in [0.25, 0.3) is 6.08 Å². The second kappa shape index (κ2) is 5.86. The van der Waals surface area contributed by atoms with Crippen molar-refractivity contribution < 1.29 is 0 Å². The Bertz CT molecular complexity index is 342. The molecule has 1 nitrogen and oxygen atoms in total. The Morgan fingerprint density at radius 2 is 1.60 bits per heavy atom. The fraction of sp³-hybridized carbons (Fsp3) is 0.143. The van der Waals surface area contributed by atoms with Crippen LogP contribution in [0, 0.1) is 0 Å². The zero-order chi connectivity index (χ0) is 11.1. The Morgan fingerprint density at radius 3 is 2.13 bits per heavy atom. The quantitative estimate of drug-likeness (QED) is 0.634. The summed E-state index contributed by atoms with van der Waals surface area (Å²) in [7, 11) is 0. The van der Waals surface area contributed by atoms with Crippen molar-refractivity contribution in [2.24, 2.45) is 0 Å². The molecular formula is C14H17N. The van der Waals surface area contributed by atoms with Crippen LogP contribution in [-0.4, -0.2) is 13.1 Å². The number of nitrogens with zero attached hydrogens (tertiary/aromatic N) is 1. The Labute approximate surface area is 92.0 Å². The maximum Gasteiger partial charge on any atom is 0.0445 e. The Morgan fingerprint density at radius 1 is 1.00 bits per heavy atom. The highest BCUT2D eigenvalue weighted by Gasteiger charge is 2.05. The molecule has 0 aliphatic rings. The molecule has 0 spiro atoms. The van der Waals surface area contributed by atoms with Gasteiger partial charge in [0.2, 0.25) is 0 Å². The van der Waals surface area contributed by atoms with Crippen LogP contribution in [0.5, 0.6) is 0 Å². The standard InChI is InChI=1S/C14H17N/c1-4-11-15(12-5-2)14-10-8-7-9-13(14)6-3/h4-10H,1-3,11-12H2. The summed E-state index contributed by atoms with van der Waals surface area (Å²) in [5.74, 6) is 0. The third-order valence-electron chi connectivity index (χ3n) is 2.20. The second-order valence-electron chi connectivity index (χ2n) is 3.25. The normalized spacial score (nSPS) is 9.33. The summed E-state index contributed by atoms with van der Waals surface area (Å²) in [6.45, 7) is 13.0. The molecule has 0 radical (unpaired) electrons. The van der Waals surface area contributed by atoms with Crippen molar-refractivity contribution in [1.82, 2.24) is 0 Å². The topological polar surface area (TPSA) is 3.24 Å². The predicted octanol–water partition coefficient (Wildman–Crippen LogP) is 3.51. The fourth-order valence-corrected chi connectivity index (χ4v) is 1.53. The van der Waals surface area contributed by atoms with E-state index in [9.17, 15) is 0 Å². The molecule has 0 atom stereocenters. The third-order valence-corrected chi connectivity index (χ3v) is 2.20. The first-order chi connectivity index (χ1) is 7.33. The minimum Gasteiger partial charge on any atom is -0.364 e. The lowest BCUT2D eigenvalue weighted by atomic mass is 10.1. The van der Waals surface area contributed by atoms with Gasteiger partial charge in [0.25, 0.3) is 0 Å². The largest absolute Gasteiger partial charge is 0.364 e. The Hall–Kier alpha value is -1.76. The molecule has 0 saturated carbocycles. The summed E-state index contributed by atoms with van der Waals surface area (Å²) in [6, 6.07) is 8.19. The van der Waals surface area contributed by atoms with Gasteiger partial charge in [0.05, 0.1) is 0 Å². The van der Waals surface area contributed by atoms with Gasteiger partial charge in [-0.3, -0.25) is 0 Å². The summed E-state index contributed by atoms with van der Waals surface area (Å²) in [5.41, 5.74) is 2.31. The van der Waals surface area contributed by atoms with E-state index < -0.39 is 0 Å². The summed E-state index contributed by atoms with van der Waals surface area (Å²) in [6.07, 6.45) is 5.65. The zero-order valence-corrected chi connectivity index (χ0v) is 9.02. The van der Waals surface area contributed by atoms with Crippen LogP contribution in [0.2, 0.25) is 0 Å². The van der Waals surface area contributed by atoms with Crippen LogP contribution in [0.3, 0.4) is 0 Å². The van der Waals surface area contributed by atoms with Crippen LogP contribution in [-0.2, 0) is 0 Å². The first-order valence-corrected chi connectivity index (χ1v) is 5.01. The summed E-state index contributed by atoms with van der Waals surface area (Å²) in [4.78, 5) is 2.21. The number of hydrogen-bond donors (Lipinski definition) is 0. The lowest BCUT2D eigenvalue weighted by Gasteiger charge is -2.23. The molecule has 0 N–H and O–H groups in total. The van der Waals surface area contributed by atoms with Crippen LogP contribution in [0.1, 0.15) is 5.56 Å². The van der Waals surface area contributed by atoms with Crippen LogP contribution >= 0.6 is 0 Å². The first kappa shape index (κ1) is 11.3. The molecule has 0 aliphatic heterocycles. The lowest BCUT2D eigenvalue weighted by Crippen LogP contribution is -2.23. The van der Waals surface area contributed by atoms with Crippen molar-refractivity contribution in [1.29, 1.82) is 0 Å².